The van der Waals surface area contributed by atoms with Crippen molar-refractivity contribution in [3.8, 4) is 0 Å². The molecule has 0 unspecified atom stereocenters. The fourth-order valence-electron chi connectivity index (χ4n) is 7.76. The van der Waals surface area contributed by atoms with Crippen molar-refractivity contribution in [2.24, 2.45) is 77.5 Å². The largest absolute Gasteiger partial charge is 0.464 e. The average Bonchev–Trinajstić information content (AvgIpc) is 1.71. The summed E-state index contributed by atoms with van der Waals surface area (Å²) in [5.41, 5.74) is 10.3. The maximum atomic E-state index is 11.7. The van der Waals surface area contributed by atoms with Gasteiger partial charge in [-0.2, -0.15) is 64.2 Å². The van der Waals surface area contributed by atoms with Gasteiger partial charge in [0.25, 0.3) is 0 Å². The summed E-state index contributed by atoms with van der Waals surface area (Å²) < 4.78 is 59.0. The summed E-state index contributed by atoms with van der Waals surface area (Å²) in [6.07, 6.45) is 5.47. The van der Waals surface area contributed by atoms with Gasteiger partial charge in [0.05, 0.1) is 42.1 Å². The van der Waals surface area contributed by atoms with Gasteiger partial charge in [-0.25, -0.2) is 29.7 Å². The Morgan fingerprint density at radius 1 is 0.505 bits per heavy atom. The first-order chi connectivity index (χ1) is 45.9. The monoisotopic (exact) mass is 1450 g/mol. The van der Waals surface area contributed by atoms with E-state index in [1.165, 1.54) is 54.9 Å². The Morgan fingerprint density at radius 3 is 1.29 bits per heavy atom. The van der Waals surface area contributed by atoms with E-state index >= 15 is 0 Å². The maximum Gasteiger partial charge on any atom is 0.435 e. The molecular formula is C63H106BrF3N30O2. The third-order valence-corrected chi connectivity index (χ3v) is 13.5. The van der Waals surface area contributed by atoms with Gasteiger partial charge >= 0.3 is 12.1 Å². The number of nitrogens with zero attached hydrogens (tertiary/aromatic N) is 30. The van der Waals surface area contributed by atoms with Crippen LogP contribution >= 0.6 is 15.9 Å². The van der Waals surface area contributed by atoms with Crippen molar-refractivity contribution in [1.82, 2.24) is 147 Å². The molecule has 0 saturated heterocycles. The van der Waals surface area contributed by atoms with Crippen molar-refractivity contribution in [3.05, 3.63) is 164 Å². The molecule has 0 aliphatic rings. The second-order valence-electron chi connectivity index (χ2n) is 23.4. The number of esters is 1. The second-order valence-corrected chi connectivity index (χ2v) is 24.1. The van der Waals surface area contributed by atoms with Crippen LogP contribution in [0.3, 0.4) is 0 Å². The molecule has 11 aromatic rings. The number of carbonyl (C=O) groups excluding carboxylic acids is 1. The van der Waals surface area contributed by atoms with Crippen LogP contribution in [0.15, 0.2) is 66.6 Å². The van der Waals surface area contributed by atoms with Gasteiger partial charge in [0.15, 0.2) is 17.2 Å². The van der Waals surface area contributed by atoms with Crippen LogP contribution in [-0.4, -0.2) is 203 Å². The molecule has 11 aromatic heterocycles. The van der Waals surface area contributed by atoms with E-state index in [1.54, 1.807) is 60.1 Å². The predicted octanol–water partition coefficient (Wildman–Crippen LogP) is 7.05. The topological polar surface area (TPSA) is 296 Å². The number of aryl methyl sites for hydroxylation is 22. The molecule has 99 heavy (non-hydrogen) atoms. The SMILES string of the molecule is COC(=O)c1ccn(C)n1.Cc1cc(C)n(C)n1.Cc1cc(CN(C)C)n(C)n1.Cc1cn(C)nc1C.Cc1nc(C)n(C)n1.Cc1nc(CN(C)C)nn1C.Cc1ncn(C)n1.Cc1ncnn1C.Cc1nn(C)c(C)c1CN(C)C.Cn1ccc(C(F)(F)F)n1.Cn1cnc(Br)n1. The normalized spacial score (nSPS) is 10.4. The number of halogens is 4. The number of ether oxygens (including phenoxy) is 1. The van der Waals surface area contributed by atoms with Crippen LogP contribution in [0.5, 0.6) is 0 Å². The number of carbonyl (C=O) groups is 1. The molecule has 0 amide bonds. The van der Waals surface area contributed by atoms with Gasteiger partial charge in [0.1, 0.15) is 48.1 Å². The van der Waals surface area contributed by atoms with Crippen LogP contribution in [0.1, 0.15) is 102 Å². The highest BCUT2D eigenvalue weighted by molar-refractivity contribution is 9.10. The summed E-state index contributed by atoms with van der Waals surface area (Å²) in [6, 6.07) is 6.70. The molecule has 0 aromatic carbocycles. The molecule has 548 valence electrons. The first-order valence-corrected chi connectivity index (χ1v) is 31.6. The highest BCUT2D eigenvalue weighted by Gasteiger charge is 2.33. The Balaban J connectivity index is 0.000000547. The lowest BCUT2D eigenvalue weighted by Gasteiger charge is -2.09. The number of rotatable bonds is 7. The highest BCUT2D eigenvalue weighted by Crippen LogP contribution is 2.27. The van der Waals surface area contributed by atoms with E-state index in [0.29, 0.717) is 10.4 Å². The molecule has 11 rings (SSSR count). The van der Waals surface area contributed by atoms with Crippen molar-refractivity contribution in [3.63, 3.8) is 0 Å². The van der Waals surface area contributed by atoms with E-state index in [4.69, 9.17) is 0 Å². The van der Waals surface area contributed by atoms with Gasteiger partial charge in [-0.1, -0.05) is 0 Å². The Kier molecular flexibility index (Phi) is 38.1. The minimum absolute atomic E-state index is 0.338. The van der Waals surface area contributed by atoms with Gasteiger partial charge in [0, 0.05) is 126 Å². The van der Waals surface area contributed by atoms with Crippen molar-refractivity contribution in [2.45, 2.75) is 109 Å². The van der Waals surface area contributed by atoms with Crippen LogP contribution in [0.25, 0.3) is 0 Å². The highest BCUT2D eigenvalue weighted by atomic mass is 79.9. The lowest BCUT2D eigenvalue weighted by atomic mass is 10.2. The van der Waals surface area contributed by atoms with Gasteiger partial charge in [-0.3, -0.25) is 51.5 Å². The minimum atomic E-state index is -4.32. The van der Waals surface area contributed by atoms with Crippen LogP contribution in [0, 0.1) is 83.1 Å². The third kappa shape index (κ3) is 35.6. The molecule has 0 saturated carbocycles. The molecule has 32 nitrogen and oxygen atoms in total. The number of hydrogen-bond donors (Lipinski definition) is 0. The maximum absolute atomic E-state index is 11.7. The Morgan fingerprint density at radius 2 is 1.05 bits per heavy atom. The van der Waals surface area contributed by atoms with Crippen LogP contribution < -0.4 is 0 Å². The Labute approximate surface area is 589 Å². The van der Waals surface area contributed by atoms with Gasteiger partial charge in [-0.05, 0) is 171 Å². The number of aromatic nitrogens is 27. The molecule has 0 atom stereocenters. The van der Waals surface area contributed by atoms with Gasteiger partial charge in [0.2, 0.25) is 4.73 Å². The molecule has 36 heteroatoms. The zero-order valence-electron chi connectivity index (χ0n) is 63.6. The molecule has 0 bridgehead atoms. The summed E-state index contributed by atoms with van der Waals surface area (Å²) in [6.45, 7) is 26.6. The van der Waals surface area contributed by atoms with E-state index in [1.807, 2.05) is 165 Å². The van der Waals surface area contributed by atoms with Crippen molar-refractivity contribution < 1.29 is 22.7 Å². The summed E-state index contributed by atoms with van der Waals surface area (Å²) in [5, 5.41) is 43.7. The van der Waals surface area contributed by atoms with Crippen molar-refractivity contribution in [1.29, 1.82) is 0 Å². The fraction of sp³-hybridized carbons (Fsp3) is 0.540. The predicted molar refractivity (Wildman–Crippen MR) is 377 cm³/mol. The molecule has 0 radical (unpaired) electrons. The minimum Gasteiger partial charge on any atom is -0.464 e. The van der Waals surface area contributed by atoms with E-state index in [9.17, 15) is 18.0 Å². The summed E-state index contributed by atoms with van der Waals surface area (Å²) in [7, 11) is 33.9. The molecular weight excluding hydrogens is 1350 g/mol. The number of alkyl halides is 3. The smallest absolute Gasteiger partial charge is 0.435 e. The lowest BCUT2D eigenvalue weighted by molar-refractivity contribution is -0.141. The first kappa shape index (κ1) is 87.6. The van der Waals surface area contributed by atoms with Gasteiger partial charge < -0.3 is 19.4 Å². The van der Waals surface area contributed by atoms with Crippen LogP contribution in [0.2, 0.25) is 0 Å². The van der Waals surface area contributed by atoms with E-state index < -0.39 is 17.8 Å². The van der Waals surface area contributed by atoms with E-state index in [2.05, 4.69) is 177 Å². The van der Waals surface area contributed by atoms with Gasteiger partial charge in [-0.15, -0.1) is 5.10 Å². The zero-order chi connectivity index (χ0) is 75.8. The van der Waals surface area contributed by atoms with E-state index in [0.717, 1.165) is 88.1 Å². The third-order valence-electron chi connectivity index (χ3n) is 13.1. The van der Waals surface area contributed by atoms with Crippen molar-refractivity contribution in [2.75, 3.05) is 49.4 Å². The van der Waals surface area contributed by atoms with E-state index in [-0.39, 0.29) is 0 Å². The lowest BCUT2D eigenvalue weighted by Crippen LogP contribution is -2.13. The summed E-state index contributed by atoms with van der Waals surface area (Å²) in [5.74, 6) is 5.01. The standard InChI is InChI=1S/C9H17N3.C8H15N3.C7H14N4.C6H8N2O2.2C6H10N2.C5H5F3N2.C5H9N3.2C4H7N3.C3H4BrN3/c1-7-9(6-11(3)4)8(2)12(5)10-7;1-7-5-8(6-10(2)3)11(4)9-7;1-6-8-7(5-10(2)3)9-11(6)4;1-8-4-3-5(7-8)6(9)10-2;1-5-4-8(3)7-6(5)2;1-5-4-6(2)8(3)7-5;1-10-3-2-4(9-10)5(6,7)8;1-4-6-5(2)8(3)7-4;1-4-5-3-7(2)6-4;1-4-5-3-6-7(4)2;1-7-2-5-3(4)6-7/h6H2,1-5H3;5H,6H2,1-4H3;5H2,1-4H3;3-4H,1-2H3;2*4H,1-3H3;2-3H,1H3;1-3H3;2*3H,1-2H3;2H,1H3. The molecule has 0 spiro atoms. The average molecular weight is 1450 g/mol. The molecule has 0 fully saturated rings. The second kappa shape index (κ2) is 43.1. The van der Waals surface area contributed by atoms with Crippen LogP contribution in [-0.2, 0) is 108 Å². The quantitative estimate of drug-likeness (QED) is 0.144. The molecule has 0 aliphatic carbocycles. The molecule has 0 aliphatic heterocycles. The summed E-state index contributed by atoms with van der Waals surface area (Å²) in [4.78, 5) is 36.9. The summed E-state index contributed by atoms with van der Waals surface area (Å²) >= 11 is 3.09. The number of methoxy groups -OCH3 is 1. The first-order valence-electron chi connectivity index (χ1n) is 30.8. The van der Waals surface area contributed by atoms with Crippen LogP contribution in [0.4, 0.5) is 13.2 Å². The Hall–Kier alpha value is -9.42. The Bertz CT molecular complexity index is 3770. The number of hydrogen-bond acceptors (Lipinski definition) is 21. The fourth-order valence-corrected chi connectivity index (χ4v) is 8.10. The molecule has 11 heterocycles. The van der Waals surface area contributed by atoms with Crippen molar-refractivity contribution >= 4 is 21.9 Å². The molecule has 0 N–H and O–H groups in total. The zero-order valence-corrected chi connectivity index (χ0v) is 65.2.